The molecule has 0 saturated heterocycles. The van der Waals surface area contributed by atoms with Gasteiger partial charge in [-0.3, -0.25) is 0 Å². The monoisotopic (exact) mass is 170 g/mol. The van der Waals surface area contributed by atoms with Crippen LogP contribution in [0.15, 0.2) is 0 Å². The van der Waals surface area contributed by atoms with Gasteiger partial charge in [0.05, 0.1) is 0 Å². The van der Waals surface area contributed by atoms with Crippen LogP contribution in [-0.2, 0) is 0 Å². The van der Waals surface area contributed by atoms with E-state index in [-0.39, 0.29) is 0 Å². The summed E-state index contributed by atoms with van der Waals surface area (Å²) >= 11 is 0. The Morgan fingerprint density at radius 3 is 1.67 bits per heavy atom. The molecule has 0 aliphatic heterocycles. The van der Waals surface area contributed by atoms with Crippen molar-refractivity contribution in [3.05, 3.63) is 0 Å². The van der Waals surface area contributed by atoms with Crippen molar-refractivity contribution in [2.75, 3.05) is 0 Å². The fraction of sp³-hybridized carbons (Fsp3) is 1.00. The van der Waals surface area contributed by atoms with E-state index < -0.39 is 0 Å². The van der Waals surface area contributed by atoms with Crippen LogP contribution in [0.1, 0.15) is 60.3 Å². The Bertz CT molecular complexity index is 86.2. The van der Waals surface area contributed by atoms with Gasteiger partial charge < -0.3 is 0 Å². The van der Waals surface area contributed by atoms with Crippen LogP contribution in [0, 0.1) is 17.8 Å². The molecule has 0 bridgehead atoms. The second-order valence-electron chi connectivity index (χ2n) is 4.19. The molecule has 12 heavy (non-hydrogen) atoms. The molecule has 2 unspecified atom stereocenters. The van der Waals surface area contributed by atoms with Gasteiger partial charge in [-0.1, -0.05) is 41.0 Å². The molecule has 1 saturated carbocycles. The maximum Gasteiger partial charge on any atom is -0.0412 e. The second-order valence-corrected chi connectivity index (χ2v) is 4.19. The molecule has 1 rings (SSSR count). The lowest BCUT2D eigenvalue weighted by Gasteiger charge is -2.30. The molecule has 0 heteroatoms. The van der Waals surface area contributed by atoms with E-state index in [0.717, 1.165) is 17.8 Å². The van der Waals surface area contributed by atoms with Gasteiger partial charge >= 0.3 is 0 Å². The van der Waals surface area contributed by atoms with Crippen LogP contribution in [0.2, 0.25) is 0 Å². The summed E-state index contributed by atoms with van der Waals surface area (Å²) in [5, 5.41) is 0. The Labute approximate surface area is 78.8 Å². The highest BCUT2D eigenvalue weighted by molar-refractivity contribution is 4.73. The lowest BCUT2D eigenvalue weighted by Crippen LogP contribution is -2.18. The third-order valence-corrected chi connectivity index (χ3v) is 2.85. The Hall–Kier alpha value is 0. The summed E-state index contributed by atoms with van der Waals surface area (Å²) in [6, 6.07) is 0. The van der Waals surface area contributed by atoms with Crippen LogP contribution < -0.4 is 0 Å². The SMILES string of the molecule is CC.CCC1CC(C)CC(C)C1. The van der Waals surface area contributed by atoms with Crippen molar-refractivity contribution < 1.29 is 0 Å². The van der Waals surface area contributed by atoms with Crippen molar-refractivity contribution in [3.63, 3.8) is 0 Å². The molecular weight excluding hydrogens is 144 g/mol. The normalized spacial score (nSPS) is 35.2. The van der Waals surface area contributed by atoms with E-state index in [4.69, 9.17) is 0 Å². The third-order valence-electron chi connectivity index (χ3n) is 2.85. The molecule has 1 aliphatic rings. The molecule has 74 valence electrons. The van der Waals surface area contributed by atoms with Crippen LogP contribution >= 0.6 is 0 Å². The molecule has 0 spiro atoms. The minimum Gasteiger partial charge on any atom is -0.0683 e. The van der Waals surface area contributed by atoms with E-state index in [1.54, 1.807) is 0 Å². The van der Waals surface area contributed by atoms with E-state index in [1.807, 2.05) is 13.8 Å². The molecule has 2 atom stereocenters. The first kappa shape index (κ1) is 12.0. The standard InChI is InChI=1S/C10H20.C2H6/c1-4-10-6-8(2)5-9(3)7-10;1-2/h8-10H,4-7H2,1-3H3;1-2H3. The number of hydrogen-bond acceptors (Lipinski definition) is 0. The van der Waals surface area contributed by atoms with E-state index in [9.17, 15) is 0 Å². The van der Waals surface area contributed by atoms with Gasteiger partial charge in [0.15, 0.2) is 0 Å². The van der Waals surface area contributed by atoms with Crippen molar-refractivity contribution >= 4 is 0 Å². The smallest absolute Gasteiger partial charge is 0.0412 e. The fourth-order valence-corrected chi connectivity index (χ4v) is 2.45. The highest BCUT2D eigenvalue weighted by Crippen LogP contribution is 2.34. The summed E-state index contributed by atoms with van der Waals surface area (Å²) in [5.74, 6) is 3.03. The molecule has 0 heterocycles. The lowest BCUT2D eigenvalue weighted by atomic mass is 9.76. The van der Waals surface area contributed by atoms with Crippen molar-refractivity contribution in [1.82, 2.24) is 0 Å². The topological polar surface area (TPSA) is 0 Å². The van der Waals surface area contributed by atoms with Crippen LogP contribution in [-0.4, -0.2) is 0 Å². The van der Waals surface area contributed by atoms with Gasteiger partial charge in [0, 0.05) is 0 Å². The molecule has 0 radical (unpaired) electrons. The summed E-state index contributed by atoms with van der Waals surface area (Å²) in [7, 11) is 0. The van der Waals surface area contributed by atoms with Gasteiger partial charge in [0.1, 0.15) is 0 Å². The van der Waals surface area contributed by atoms with Crippen molar-refractivity contribution in [2.24, 2.45) is 17.8 Å². The van der Waals surface area contributed by atoms with E-state index in [1.165, 1.54) is 25.7 Å². The van der Waals surface area contributed by atoms with Crippen LogP contribution in [0.3, 0.4) is 0 Å². The molecule has 0 aromatic rings. The molecular formula is C12H26. The van der Waals surface area contributed by atoms with E-state index in [2.05, 4.69) is 20.8 Å². The maximum atomic E-state index is 2.40. The number of rotatable bonds is 1. The molecule has 0 nitrogen and oxygen atoms in total. The second kappa shape index (κ2) is 6.51. The lowest BCUT2D eigenvalue weighted by molar-refractivity contribution is 0.215. The summed E-state index contributed by atoms with van der Waals surface area (Å²) in [6.45, 7) is 11.1. The Balaban J connectivity index is 0.000000561. The Morgan fingerprint density at radius 1 is 0.917 bits per heavy atom. The van der Waals surface area contributed by atoms with Gasteiger partial charge in [0.25, 0.3) is 0 Å². The molecule has 0 N–H and O–H groups in total. The summed E-state index contributed by atoms with van der Waals surface area (Å²) in [4.78, 5) is 0. The predicted octanol–water partition coefficient (Wildman–Crippen LogP) is 4.49. The van der Waals surface area contributed by atoms with Crippen LogP contribution in [0.5, 0.6) is 0 Å². The van der Waals surface area contributed by atoms with Crippen molar-refractivity contribution in [2.45, 2.75) is 60.3 Å². The highest BCUT2D eigenvalue weighted by Gasteiger charge is 2.21. The van der Waals surface area contributed by atoms with Crippen molar-refractivity contribution in [3.8, 4) is 0 Å². The minimum atomic E-state index is 0.994. The molecule has 1 aliphatic carbocycles. The van der Waals surface area contributed by atoms with Gasteiger partial charge in [-0.2, -0.15) is 0 Å². The fourth-order valence-electron chi connectivity index (χ4n) is 2.45. The first-order valence-electron chi connectivity index (χ1n) is 5.72. The molecule has 0 amide bonds. The van der Waals surface area contributed by atoms with Gasteiger partial charge in [-0.15, -0.1) is 0 Å². The van der Waals surface area contributed by atoms with Gasteiger partial charge in [-0.05, 0) is 37.0 Å². The van der Waals surface area contributed by atoms with Crippen molar-refractivity contribution in [1.29, 1.82) is 0 Å². The van der Waals surface area contributed by atoms with E-state index in [0.29, 0.717) is 0 Å². The van der Waals surface area contributed by atoms with Crippen LogP contribution in [0.4, 0.5) is 0 Å². The Morgan fingerprint density at radius 2 is 1.33 bits per heavy atom. The molecule has 0 aromatic carbocycles. The van der Waals surface area contributed by atoms with Crippen LogP contribution in [0.25, 0.3) is 0 Å². The summed E-state index contributed by atoms with van der Waals surface area (Å²) < 4.78 is 0. The molecule has 0 aromatic heterocycles. The zero-order valence-corrected chi connectivity index (χ0v) is 9.56. The first-order chi connectivity index (χ1) is 5.72. The zero-order valence-electron chi connectivity index (χ0n) is 9.56. The van der Waals surface area contributed by atoms with Gasteiger partial charge in [-0.25, -0.2) is 0 Å². The highest BCUT2D eigenvalue weighted by atomic mass is 14.3. The number of hydrogen-bond donors (Lipinski definition) is 0. The summed E-state index contributed by atoms with van der Waals surface area (Å²) in [6.07, 6.45) is 5.84. The quantitative estimate of drug-likeness (QED) is 0.543. The Kier molecular flexibility index (Phi) is 6.51. The minimum absolute atomic E-state index is 0.994. The first-order valence-corrected chi connectivity index (χ1v) is 5.72. The largest absolute Gasteiger partial charge is 0.0683 e. The zero-order chi connectivity index (χ0) is 9.56. The average Bonchev–Trinajstić information content (AvgIpc) is 2.06. The van der Waals surface area contributed by atoms with Gasteiger partial charge in [0.2, 0.25) is 0 Å². The molecule has 1 fully saturated rings. The summed E-state index contributed by atoms with van der Waals surface area (Å²) in [5.41, 5.74) is 0. The van der Waals surface area contributed by atoms with E-state index >= 15 is 0 Å². The predicted molar refractivity (Wildman–Crippen MR) is 57.3 cm³/mol. The average molecular weight is 170 g/mol. The maximum absolute atomic E-state index is 2.40. The third kappa shape index (κ3) is 4.13.